The van der Waals surface area contributed by atoms with Gasteiger partial charge in [0.1, 0.15) is 0 Å². The van der Waals surface area contributed by atoms with Gasteiger partial charge in [0.15, 0.2) is 5.82 Å². The fourth-order valence-electron chi connectivity index (χ4n) is 3.06. The van der Waals surface area contributed by atoms with Crippen LogP contribution in [0.2, 0.25) is 0 Å². The first-order valence-corrected chi connectivity index (χ1v) is 9.83. The Kier molecular flexibility index (Phi) is 4.73. The van der Waals surface area contributed by atoms with Crippen LogP contribution < -0.4 is 15.0 Å². The first-order chi connectivity index (χ1) is 13.2. The molecule has 0 fully saturated rings. The topological polar surface area (TPSA) is 50.5 Å². The van der Waals surface area contributed by atoms with Crippen molar-refractivity contribution in [1.29, 1.82) is 0 Å². The van der Waals surface area contributed by atoms with Crippen LogP contribution in [0.25, 0.3) is 22.4 Å². The van der Waals surface area contributed by atoms with Crippen LogP contribution in [-0.4, -0.2) is 27.7 Å². The highest BCUT2D eigenvalue weighted by molar-refractivity contribution is 7.15. The fraction of sp³-hybridized carbons (Fsp3) is 0.190. The molecule has 0 aliphatic rings. The Bertz CT molecular complexity index is 1160. The molecular formula is C21H20N4OS. The highest BCUT2D eigenvalue weighted by Gasteiger charge is 2.11. The van der Waals surface area contributed by atoms with Crippen LogP contribution >= 0.6 is 11.3 Å². The largest absolute Gasteiger partial charge is 0.372 e. The van der Waals surface area contributed by atoms with Crippen molar-refractivity contribution >= 4 is 28.1 Å². The third-order valence-corrected chi connectivity index (χ3v) is 5.49. The van der Waals surface area contributed by atoms with E-state index in [0.717, 1.165) is 24.2 Å². The van der Waals surface area contributed by atoms with Gasteiger partial charge in [-0.25, -0.2) is 0 Å². The quantitative estimate of drug-likeness (QED) is 0.537. The molecule has 136 valence electrons. The molecule has 0 bridgehead atoms. The molecule has 0 unspecified atom stereocenters. The van der Waals surface area contributed by atoms with Gasteiger partial charge in [-0.1, -0.05) is 53.8 Å². The van der Waals surface area contributed by atoms with Crippen molar-refractivity contribution in [2.75, 3.05) is 18.0 Å². The smallest absolute Gasteiger partial charge is 0.291 e. The number of anilines is 1. The summed E-state index contributed by atoms with van der Waals surface area (Å²) in [5.74, 6) is 0.578. The summed E-state index contributed by atoms with van der Waals surface area (Å²) >= 11 is 1.36. The molecule has 4 rings (SSSR count). The lowest BCUT2D eigenvalue weighted by atomic mass is 10.2. The second kappa shape index (κ2) is 7.32. The number of nitrogens with zero attached hydrogens (tertiary/aromatic N) is 4. The van der Waals surface area contributed by atoms with E-state index in [4.69, 9.17) is 0 Å². The maximum absolute atomic E-state index is 12.7. The monoisotopic (exact) mass is 376 g/mol. The maximum Gasteiger partial charge on any atom is 0.291 e. The fourth-order valence-corrected chi connectivity index (χ4v) is 3.97. The van der Waals surface area contributed by atoms with Crippen LogP contribution in [0, 0.1) is 0 Å². The third kappa shape index (κ3) is 3.36. The molecule has 0 spiro atoms. The van der Waals surface area contributed by atoms with Gasteiger partial charge in [0.05, 0.1) is 4.53 Å². The lowest BCUT2D eigenvalue weighted by Gasteiger charge is -2.20. The first-order valence-electron chi connectivity index (χ1n) is 9.01. The molecule has 27 heavy (non-hydrogen) atoms. The molecule has 0 saturated heterocycles. The number of hydrogen-bond donors (Lipinski definition) is 0. The van der Waals surface area contributed by atoms with Gasteiger partial charge in [-0.05, 0) is 37.6 Å². The van der Waals surface area contributed by atoms with Gasteiger partial charge in [0, 0.05) is 24.3 Å². The molecule has 2 aromatic heterocycles. The van der Waals surface area contributed by atoms with Gasteiger partial charge < -0.3 is 4.90 Å². The first kappa shape index (κ1) is 17.4. The molecule has 0 N–H and O–H groups in total. The Labute approximate surface area is 161 Å². The number of thiazole rings is 1. The minimum atomic E-state index is -0.127. The van der Waals surface area contributed by atoms with Crippen LogP contribution in [0.1, 0.15) is 19.4 Å². The summed E-state index contributed by atoms with van der Waals surface area (Å²) in [5.41, 5.74) is 2.97. The second-order valence-electron chi connectivity index (χ2n) is 6.18. The molecule has 0 atom stereocenters. The highest BCUT2D eigenvalue weighted by atomic mass is 32.1. The van der Waals surface area contributed by atoms with Gasteiger partial charge >= 0.3 is 0 Å². The van der Waals surface area contributed by atoms with E-state index in [1.54, 1.807) is 0 Å². The molecule has 4 aromatic rings. The van der Waals surface area contributed by atoms with Gasteiger partial charge in [-0.3, -0.25) is 4.79 Å². The molecule has 0 aliphatic carbocycles. The van der Waals surface area contributed by atoms with Crippen molar-refractivity contribution in [2.24, 2.45) is 0 Å². The second-order valence-corrected chi connectivity index (χ2v) is 7.18. The summed E-state index contributed by atoms with van der Waals surface area (Å²) in [6.07, 6.45) is 1.90. The molecule has 2 aromatic carbocycles. The van der Waals surface area contributed by atoms with Crippen LogP contribution in [0.4, 0.5) is 5.69 Å². The Morgan fingerprint density at radius 3 is 2.37 bits per heavy atom. The Morgan fingerprint density at radius 2 is 1.74 bits per heavy atom. The highest BCUT2D eigenvalue weighted by Crippen LogP contribution is 2.17. The zero-order valence-corrected chi connectivity index (χ0v) is 16.1. The standard InChI is InChI=1S/C21H20N4OS/c1-3-24(4-2)17-12-10-15(11-13-17)14-18-20(26)25-21(27-18)22-19(23-25)16-8-6-5-7-9-16/h5-14H,3-4H2,1-2H3. The van der Waals surface area contributed by atoms with E-state index in [2.05, 4.69) is 41.0 Å². The normalized spacial score (nSPS) is 12.0. The Balaban J connectivity index is 1.69. The Morgan fingerprint density at radius 1 is 1.04 bits per heavy atom. The number of aromatic nitrogens is 3. The Hall–Kier alpha value is -2.99. The van der Waals surface area contributed by atoms with E-state index < -0.39 is 0 Å². The number of hydrogen-bond acceptors (Lipinski definition) is 5. The van der Waals surface area contributed by atoms with Gasteiger partial charge in [0.2, 0.25) is 4.96 Å². The van der Waals surface area contributed by atoms with E-state index in [0.29, 0.717) is 15.3 Å². The van der Waals surface area contributed by atoms with E-state index in [1.165, 1.54) is 21.5 Å². The lowest BCUT2D eigenvalue weighted by molar-refractivity contribution is 0.866. The van der Waals surface area contributed by atoms with Crippen LogP contribution in [-0.2, 0) is 0 Å². The molecular weight excluding hydrogens is 356 g/mol. The minimum Gasteiger partial charge on any atom is -0.372 e. The predicted molar refractivity (Wildman–Crippen MR) is 111 cm³/mol. The zero-order valence-electron chi connectivity index (χ0n) is 15.3. The average Bonchev–Trinajstić information content (AvgIpc) is 3.25. The van der Waals surface area contributed by atoms with E-state index >= 15 is 0 Å². The number of benzene rings is 2. The molecule has 0 aliphatic heterocycles. The molecule has 0 saturated carbocycles. The predicted octanol–water partition coefficient (Wildman–Crippen LogP) is 3.21. The van der Waals surface area contributed by atoms with E-state index in [-0.39, 0.29) is 5.56 Å². The summed E-state index contributed by atoms with van der Waals surface area (Å²) in [5, 5.41) is 4.38. The average molecular weight is 376 g/mol. The van der Waals surface area contributed by atoms with Crippen LogP contribution in [0.15, 0.2) is 59.4 Å². The van der Waals surface area contributed by atoms with Crippen molar-refractivity contribution in [1.82, 2.24) is 14.6 Å². The molecule has 0 amide bonds. The van der Waals surface area contributed by atoms with Gasteiger partial charge in [0.25, 0.3) is 5.56 Å². The van der Waals surface area contributed by atoms with Crippen molar-refractivity contribution in [3.8, 4) is 11.4 Å². The number of rotatable bonds is 5. The minimum absolute atomic E-state index is 0.127. The molecule has 5 nitrogen and oxygen atoms in total. The van der Waals surface area contributed by atoms with Gasteiger partial charge in [-0.2, -0.15) is 9.50 Å². The summed E-state index contributed by atoms with van der Waals surface area (Å²) in [4.78, 5) is 20.1. The van der Waals surface area contributed by atoms with E-state index in [1.807, 2.05) is 48.5 Å². The van der Waals surface area contributed by atoms with Crippen LogP contribution in [0.3, 0.4) is 0 Å². The van der Waals surface area contributed by atoms with Crippen molar-refractivity contribution in [2.45, 2.75) is 13.8 Å². The van der Waals surface area contributed by atoms with Crippen LogP contribution in [0.5, 0.6) is 0 Å². The molecule has 2 heterocycles. The summed E-state index contributed by atoms with van der Waals surface area (Å²) in [6.45, 7) is 6.24. The SMILES string of the molecule is CCN(CC)c1ccc(C=c2sc3nc(-c4ccccc4)nn3c2=O)cc1. The van der Waals surface area contributed by atoms with Crippen molar-refractivity contribution < 1.29 is 0 Å². The molecule has 6 heteroatoms. The third-order valence-electron chi connectivity index (χ3n) is 4.53. The van der Waals surface area contributed by atoms with Crippen molar-refractivity contribution in [3.05, 3.63) is 75.0 Å². The lowest BCUT2D eigenvalue weighted by Crippen LogP contribution is -2.23. The van der Waals surface area contributed by atoms with Gasteiger partial charge in [-0.15, -0.1) is 5.10 Å². The number of fused-ring (bicyclic) bond motifs is 1. The summed E-state index contributed by atoms with van der Waals surface area (Å²) in [6, 6.07) is 18.0. The zero-order chi connectivity index (χ0) is 18.8. The maximum atomic E-state index is 12.7. The molecule has 0 radical (unpaired) electrons. The van der Waals surface area contributed by atoms with E-state index in [9.17, 15) is 4.79 Å². The summed E-state index contributed by atoms with van der Waals surface area (Å²) in [7, 11) is 0. The van der Waals surface area contributed by atoms with Crippen molar-refractivity contribution in [3.63, 3.8) is 0 Å². The summed E-state index contributed by atoms with van der Waals surface area (Å²) < 4.78 is 2.03.